The SMILES string of the molecule is COc1c(N)ccc2scc(Cl)c12. The van der Waals surface area contributed by atoms with Gasteiger partial charge in [-0.15, -0.1) is 11.3 Å². The van der Waals surface area contributed by atoms with Gasteiger partial charge < -0.3 is 10.5 Å². The summed E-state index contributed by atoms with van der Waals surface area (Å²) in [6.45, 7) is 0. The summed E-state index contributed by atoms with van der Waals surface area (Å²) in [6.07, 6.45) is 0. The zero-order chi connectivity index (χ0) is 9.42. The summed E-state index contributed by atoms with van der Waals surface area (Å²) < 4.78 is 6.29. The summed E-state index contributed by atoms with van der Waals surface area (Å²) in [4.78, 5) is 0. The Morgan fingerprint density at radius 1 is 1.46 bits per heavy atom. The second kappa shape index (κ2) is 3.09. The molecule has 0 aliphatic rings. The molecule has 2 aromatic rings. The van der Waals surface area contributed by atoms with Gasteiger partial charge in [0.25, 0.3) is 0 Å². The Hall–Kier alpha value is -0.930. The highest BCUT2D eigenvalue weighted by molar-refractivity contribution is 7.18. The van der Waals surface area contributed by atoms with Crippen LogP contribution in [0.3, 0.4) is 0 Å². The molecule has 13 heavy (non-hydrogen) atoms. The lowest BCUT2D eigenvalue weighted by Crippen LogP contribution is -1.91. The number of hydrogen-bond donors (Lipinski definition) is 1. The monoisotopic (exact) mass is 213 g/mol. The van der Waals surface area contributed by atoms with Gasteiger partial charge in [0.2, 0.25) is 0 Å². The van der Waals surface area contributed by atoms with E-state index in [4.69, 9.17) is 22.1 Å². The Kier molecular flexibility index (Phi) is 2.06. The summed E-state index contributed by atoms with van der Waals surface area (Å²) in [7, 11) is 1.60. The van der Waals surface area contributed by atoms with Crippen LogP contribution in [0.15, 0.2) is 17.5 Å². The molecule has 0 radical (unpaired) electrons. The number of rotatable bonds is 1. The number of nitrogen functional groups attached to an aromatic ring is 1. The van der Waals surface area contributed by atoms with Crippen LogP contribution < -0.4 is 10.5 Å². The van der Waals surface area contributed by atoms with Crippen molar-refractivity contribution in [3.63, 3.8) is 0 Å². The van der Waals surface area contributed by atoms with E-state index in [9.17, 15) is 0 Å². The number of ether oxygens (including phenoxy) is 1. The van der Waals surface area contributed by atoms with E-state index < -0.39 is 0 Å². The van der Waals surface area contributed by atoms with E-state index in [1.807, 2.05) is 17.5 Å². The first kappa shape index (κ1) is 8.66. The molecule has 68 valence electrons. The van der Waals surface area contributed by atoms with E-state index in [1.54, 1.807) is 18.4 Å². The number of nitrogens with two attached hydrogens (primary N) is 1. The summed E-state index contributed by atoms with van der Waals surface area (Å²) in [5.41, 5.74) is 6.37. The van der Waals surface area contributed by atoms with Crippen LogP contribution >= 0.6 is 22.9 Å². The topological polar surface area (TPSA) is 35.2 Å². The molecule has 1 aromatic carbocycles. The van der Waals surface area contributed by atoms with Gasteiger partial charge in [0, 0.05) is 10.1 Å². The predicted octanol–water partition coefficient (Wildman–Crippen LogP) is 3.15. The molecule has 1 heterocycles. The Morgan fingerprint density at radius 2 is 2.23 bits per heavy atom. The smallest absolute Gasteiger partial charge is 0.151 e. The highest BCUT2D eigenvalue weighted by Crippen LogP contribution is 2.40. The molecule has 0 aliphatic carbocycles. The number of anilines is 1. The number of fused-ring (bicyclic) bond motifs is 1. The number of halogens is 1. The maximum atomic E-state index is 6.00. The normalized spacial score (nSPS) is 10.6. The van der Waals surface area contributed by atoms with Crippen LogP contribution in [-0.2, 0) is 0 Å². The Labute approximate surface area is 84.9 Å². The lowest BCUT2D eigenvalue weighted by molar-refractivity contribution is 0.422. The van der Waals surface area contributed by atoms with Crippen LogP contribution in [0.4, 0.5) is 5.69 Å². The Bertz CT molecular complexity index is 452. The first-order valence-corrected chi connectivity index (χ1v) is 4.99. The van der Waals surface area contributed by atoms with Crippen molar-refractivity contribution >= 4 is 38.7 Å². The van der Waals surface area contributed by atoms with Gasteiger partial charge >= 0.3 is 0 Å². The van der Waals surface area contributed by atoms with Crippen molar-refractivity contribution in [3.05, 3.63) is 22.5 Å². The zero-order valence-electron chi connectivity index (χ0n) is 7.00. The molecule has 0 saturated carbocycles. The molecular formula is C9H8ClNOS. The summed E-state index contributed by atoms with van der Waals surface area (Å²) in [5.74, 6) is 0.670. The standard InChI is InChI=1S/C9H8ClNOS/c1-12-9-6(11)2-3-7-8(9)5(10)4-13-7/h2-4H,11H2,1H3. The third kappa shape index (κ3) is 1.24. The molecule has 0 fully saturated rings. The van der Waals surface area contributed by atoms with Crippen molar-refractivity contribution in [1.82, 2.24) is 0 Å². The molecule has 0 atom stereocenters. The number of methoxy groups -OCH3 is 1. The highest BCUT2D eigenvalue weighted by atomic mass is 35.5. The van der Waals surface area contributed by atoms with Crippen molar-refractivity contribution < 1.29 is 4.74 Å². The second-order valence-corrected chi connectivity index (χ2v) is 3.96. The van der Waals surface area contributed by atoms with Crippen LogP contribution in [0.5, 0.6) is 5.75 Å². The average molecular weight is 214 g/mol. The third-order valence-corrected chi connectivity index (χ3v) is 3.26. The maximum absolute atomic E-state index is 6.00. The van der Waals surface area contributed by atoms with Crippen molar-refractivity contribution in [2.45, 2.75) is 0 Å². The van der Waals surface area contributed by atoms with Crippen LogP contribution in [0.1, 0.15) is 0 Å². The van der Waals surface area contributed by atoms with Crippen molar-refractivity contribution in [3.8, 4) is 5.75 Å². The van der Waals surface area contributed by atoms with E-state index >= 15 is 0 Å². The molecule has 0 unspecified atom stereocenters. The van der Waals surface area contributed by atoms with Crippen LogP contribution in [-0.4, -0.2) is 7.11 Å². The number of thiophene rings is 1. The first-order valence-electron chi connectivity index (χ1n) is 3.73. The minimum atomic E-state index is 0.621. The molecule has 0 amide bonds. The lowest BCUT2D eigenvalue weighted by Gasteiger charge is -2.05. The molecule has 2 N–H and O–H groups in total. The second-order valence-electron chi connectivity index (χ2n) is 2.64. The van der Waals surface area contributed by atoms with Crippen LogP contribution in [0.2, 0.25) is 5.02 Å². The largest absolute Gasteiger partial charge is 0.494 e. The van der Waals surface area contributed by atoms with Crippen molar-refractivity contribution in [1.29, 1.82) is 0 Å². The Balaban J connectivity index is 2.88. The lowest BCUT2D eigenvalue weighted by atomic mass is 10.2. The zero-order valence-corrected chi connectivity index (χ0v) is 8.58. The summed E-state index contributed by atoms with van der Waals surface area (Å²) >= 11 is 7.59. The number of hydrogen-bond acceptors (Lipinski definition) is 3. The van der Waals surface area contributed by atoms with Gasteiger partial charge in [0.1, 0.15) is 0 Å². The summed E-state index contributed by atoms with van der Waals surface area (Å²) in [6, 6.07) is 3.78. The van der Waals surface area contributed by atoms with Crippen molar-refractivity contribution in [2.24, 2.45) is 0 Å². The number of benzene rings is 1. The fraction of sp³-hybridized carbons (Fsp3) is 0.111. The molecule has 0 spiro atoms. The van der Waals surface area contributed by atoms with Crippen LogP contribution in [0, 0.1) is 0 Å². The van der Waals surface area contributed by atoms with E-state index in [2.05, 4.69) is 0 Å². The van der Waals surface area contributed by atoms with Gasteiger partial charge in [-0.2, -0.15) is 0 Å². The molecule has 2 nitrogen and oxygen atoms in total. The van der Waals surface area contributed by atoms with Gasteiger partial charge in [-0.05, 0) is 12.1 Å². The van der Waals surface area contributed by atoms with Gasteiger partial charge in [-0.25, -0.2) is 0 Å². The molecule has 4 heteroatoms. The van der Waals surface area contributed by atoms with Gasteiger partial charge in [0.05, 0.1) is 23.2 Å². The van der Waals surface area contributed by atoms with Crippen LogP contribution in [0.25, 0.3) is 10.1 Å². The predicted molar refractivity (Wildman–Crippen MR) is 57.8 cm³/mol. The minimum Gasteiger partial charge on any atom is -0.494 e. The van der Waals surface area contributed by atoms with Gasteiger partial charge in [-0.3, -0.25) is 0 Å². The molecular weight excluding hydrogens is 206 g/mol. The van der Waals surface area contributed by atoms with Gasteiger partial charge in [0.15, 0.2) is 5.75 Å². The minimum absolute atomic E-state index is 0.621. The van der Waals surface area contributed by atoms with E-state index in [0.717, 1.165) is 10.1 Å². The average Bonchev–Trinajstić information content (AvgIpc) is 2.49. The van der Waals surface area contributed by atoms with Crippen molar-refractivity contribution in [2.75, 3.05) is 12.8 Å². The fourth-order valence-corrected chi connectivity index (χ4v) is 2.49. The quantitative estimate of drug-likeness (QED) is 0.739. The molecule has 1 aromatic heterocycles. The first-order chi connectivity index (χ1) is 6.24. The Morgan fingerprint density at radius 3 is 2.92 bits per heavy atom. The molecule has 2 rings (SSSR count). The van der Waals surface area contributed by atoms with E-state index in [1.165, 1.54) is 0 Å². The fourth-order valence-electron chi connectivity index (χ4n) is 1.30. The maximum Gasteiger partial charge on any atom is 0.151 e. The third-order valence-electron chi connectivity index (χ3n) is 1.88. The van der Waals surface area contributed by atoms with Gasteiger partial charge in [-0.1, -0.05) is 11.6 Å². The highest BCUT2D eigenvalue weighted by Gasteiger charge is 2.10. The summed E-state index contributed by atoms with van der Waals surface area (Å²) in [5, 5.41) is 3.49. The van der Waals surface area contributed by atoms with E-state index in [0.29, 0.717) is 16.5 Å². The molecule has 0 bridgehead atoms. The molecule has 0 saturated heterocycles. The molecule has 0 aliphatic heterocycles. The van der Waals surface area contributed by atoms with E-state index in [-0.39, 0.29) is 0 Å².